The van der Waals surface area contributed by atoms with Crippen LogP contribution in [0.25, 0.3) is 44.5 Å². The highest BCUT2D eigenvalue weighted by Gasteiger charge is 2.31. The van der Waals surface area contributed by atoms with Crippen molar-refractivity contribution in [2.45, 2.75) is 20.8 Å². The van der Waals surface area contributed by atoms with Gasteiger partial charge < -0.3 is 19.4 Å². The summed E-state index contributed by atoms with van der Waals surface area (Å²) >= 11 is 0. The highest BCUT2D eigenvalue weighted by Crippen LogP contribution is 2.42. The molecule has 8 aromatic rings. The van der Waals surface area contributed by atoms with E-state index in [2.05, 4.69) is 140 Å². The molecule has 7 heteroatoms. The van der Waals surface area contributed by atoms with E-state index in [-0.39, 0.29) is 0 Å². The predicted octanol–water partition coefficient (Wildman–Crippen LogP) is 10.7. The number of aromatic amines is 2. The molecule has 7 nitrogen and oxygen atoms in total. The van der Waals surface area contributed by atoms with Gasteiger partial charge in [0.15, 0.2) is 5.76 Å². The first-order valence-corrected chi connectivity index (χ1v) is 20.7. The number of aromatic nitrogens is 2. The second kappa shape index (κ2) is 14.6. The van der Waals surface area contributed by atoms with Gasteiger partial charge in [0.25, 0.3) is 0 Å². The number of fused-ring (bicyclic) bond motifs is 9. The summed E-state index contributed by atoms with van der Waals surface area (Å²) in [5, 5.41) is 5.38. The van der Waals surface area contributed by atoms with E-state index >= 15 is 0 Å². The number of carbonyl (C=O) groups excluding carboxylic acids is 1. The molecular weight excluding hydrogens is 765 g/mol. The molecule has 0 spiro atoms. The van der Waals surface area contributed by atoms with Crippen molar-refractivity contribution in [2.75, 3.05) is 7.11 Å². The quantitative estimate of drug-likeness (QED) is 0.164. The van der Waals surface area contributed by atoms with E-state index in [9.17, 15) is 4.79 Å². The van der Waals surface area contributed by atoms with Crippen molar-refractivity contribution in [3.8, 4) is 16.9 Å². The Bertz CT molecular complexity index is 3530. The fraction of sp³-hybridized carbons (Fsp3) is 0.0727. The molecule has 0 saturated heterocycles. The number of ether oxygens (including phenoxy) is 2. The molecule has 0 unspecified atom stereocenters. The van der Waals surface area contributed by atoms with Crippen LogP contribution in [0.4, 0.5) is 0 Å². The Hall–Kier alpha value is -8.03. The largest absolute Gasteiger partial charge is 0.497 e. The lowest BCUT2D eigenvalue weighted by Gasteiger charge is -2.16. The van der Waals surface area contributed by atoms with Crippen LogP contribution in [0.1, 0.15) is 55.1 Å². The van der Waals surface area contributed by atoms with Gasteiger partial charge in [-0.15, -0.1) is 0 Å². The molecule has 2 aromatic heterocycles. The number of aryl methyl sites for hydroxylation is 3. The first-order valence-electron chi connectivity index (χ1n) is 20.7. The molecule has 0 atom stereocenters. The summed E-state index contributed by atoms with van der Waals surface area (Å²) in [5.41, 5.74) is 14.2. The first kappa shape index (κ1) is 37.0. The maximum Gasteiger partial charge on any atom is 0.343 e. The molecule has 3 aliphatic rings. The summed E-state index contributed by atoms with van der Waals surface area (Å²) in [4.78, 5) is 32.9. The van der Waals surface area contributed by atoms with Crippen LogP contribution in [0.3, 0.4) is 0 Å². The number of hydrogen-bond donors (Lipinski definition) is 2. The zero-order valence-corrected chi connectivity index (χ0v) is 34.6. The summed E-state index contributed by atoms with van der Waals surface area (Å²) < 4.78 is 12.3. The zero-order valence-electron chi connectivity index (χ0n) is 34.6. The fourth-order valence-corrected chi connectivity index (χ4v) is 8.87. The van der Waals surface area contributed by atoms with Crippen molar-refractivity contribution >= 4 is 45.1 Å². The van der Waals surface area contributed by atoms with Crippen molar-refractivity contribution < 1.29 is 14.3 Å². The molecule has 0 aliphatic carbocycles. The Morgan fingerprint density at radius 1 is 0.565 bits per heavy atom. The van der Waals surface area contributed by atoms with Crippen molar-refractivity contribution in [3.05, 3.63) is 235 Å². The van der Waals surface area contributed by atoms with E-state index in [4.69, 9.17) is 19.5 Å². The topological polar surface area (TPSA) is 91.8 Å². The lowest BCUT2D eigenvalue weighted by Crippen LogP contribution is -2.16. The smallest absolute Gasteiger partial charge is 0.343 e. The molecule has 11 rings (SSSR count). The summed E-state index contributed by atoms with van der Waals surface area (Å²) in [6, 6.07) is 49.2. The van der Waals surface area contributed by atoms with Crippen LogP contribution in [-0.4, -0.2) is 28.8 Å². The van der Waals surface area contributed by atoms with E-state index in [1.807, 2.05) is 36.4 Å². The van der Waals surface area contributed by atoms with E-state index in [0.717, 1.165) is 99.6 Å². The van der Waals surface area contributed by atoms with Gasteiger partial charge in [0.05, 0.1) is 40.7 Å². The Labute approximate surface area is 357 Å². The minimum Gasteiger partial charge on any atom is -0.497 e. The second-order valence-electron chi connectivity index (χ2n) is 16.1. The SMILES string of the molecule is COc1ccc(-c2c3c4c(c5ccc(C)cc25)=c2ccc([nH]2)=C(c2ccc(C)cc2)C2=NC(=C(c5ccc(C)cc5)c5ccc([nH]5)C(=C3OC(=O)c3ccccc3)N=4)C=C2)cc1. The number of H-pyrrole nitrogens is 2. The minimum atomic E-state index is -0.478. The van der Waals surface area contributed by atoms with E-state index < -0.39 is 5.97 Å². The van der Waals surface area contributed by atoms with Crippen LogP contribution in [0, 0.1) is 31.3 Å². The third-order valence-corrected chi connectivity index (χ3v) is 12.0. The summed E-state index contributed by atoms with van der Waals surface area (Å²) in [6.07, 6.45) is 4.21. The van der Waals surface area contributed by atoms with Gasteiger partial charge in [-0.1, -0.05) is 114 Å². The second-order valence-corrected chi connectivity index (χ2v) is 16.1. The third-order valence-electron chi connectivity index (χ3n) is 12.0. The van der Waals surface area contributed by atoms with Gasteiger partial charge in [0.1, 0.15) is 11.4 Å². The summed E-state index contributed by atoms with van der Waals surface area (Å²) in [5.74, 6) is 0.633. The van der Waals surface area contributed by atoms with Crippen molar-refractivity contribution in [3.63, 3.8) is 0 Å². The predicted molar refractivity (Wildman–Crippen MR) is 247 cm³/mol. The van der Waals surface area contributed by atoms with Gasteiger partial charge in [0, 0.05) is 38.3 Å². The lowest BCUT2D eigenvalue weighted by atomic mass is 9.89. The van der Waals surface area contributed by atoms with Crippen molar-refractivity contribution in [1.82, 2.24) is 9.97 Å². The Morgan fingerprint density at radius 3 is 1.95 bits per heavy atom. The monoisotopic (exact) mass is 804 g/mol. The standard InChI is InChI=1S/C55H40N4O3/c1-31-10-15-35(16-11-31)48-41-24-25-42(56-41)49(36-17-12-32(2)13-18-36)44-28-29-46(58-44)52-54(62-55(60)37-8-6-5-7-9-37)51-47(34-19-21-38(61-4)22-20-34)40-30-33(3)14-23-39(40)50(53(51)59-52)45-27-26-43(48)57-45/h5-30,57-58H,1-4H3. The summed E-state index contributed by atoms with van der Waals surface area (Å²) in [6.45, 7) is 6.29. The van der Waals surface area contributed by atoms with Gasteiger partial charge in [-0.2, -0.15) is 0 Å². The molecule has 0 radical (unpaired) electrons. The molecule has 0 saturated carbocycles. The van der Waals surface area contributed by atoms with Crippen LogP contribution in [0.15, 0.2) is 173 Å². The average Bonchev–Trinajstić information content (AvgIpc) is 4.13. The molecular formula is C55H40N4O3. The molecule has 0 amide bonds. The number of hydrogen-bond acceptors (Lipinski definition) is 5. The molecule has 2 N–H and O–H groups in total. The van der Waals surface area contributed by atoms with Crippen LogP contribution < -0.4 is 15.4 Å². The van der Waals surface area contributed by atoms with E-state index in [1.165, 1.54) is 5.56 Å². The van der Waals surface area contributed by atoms with Gasteiger partial charge in [0.2, 0.25) is 0 Å². The zero-order chi connectivity index (χ0) is 42.1. The maximum atomic E-state index is 14.3. The lowest BCUT2D eigenvalue weighted by molar-refractivity contribution is 0.0693. The number of allylic oxidation sites excluding steroid dienone is 2. The Kier molecular flexibility index (Phi) is 8.72. The van der Waals surface area contributed by atoms with E-state index in [0.29, 0.717) is 28.1 Å². The van der Waals surface area contributed by atoms with Crippen molar-refractivity contribution in [1.29, 1.82) is 0 Å². The molecule has 298 valence electrons. The Balaban J connectivity index is 1.33. The number of aliphatic imine (C=N–C) groups is 1. The average molecular weight is 805 g/mol. The molecule has 0 fully saturated rings. The first-order chi connectivity index (χ1) is 30.3. The molecule has 5 heterocycles. The fourth-order valence-electron chi connectivity index (χ4n) is 8.87. The van der Waals surface area contributed by atoms with Crippen LogP contribution in [-0.2, 0) is 4.74 Å². The van der Waals surface area contributed by atoms with Crippen molar-refractivity contribution in [2.24, 2.45) is 9.98 Å². The minimum absolute atomic E-state index is 0.370. The highest BCUT2D eigenvalue weighted by molar-refractivity contribution is 6.30. The number of nitrogens with one attached hydrogen (secondary N) is 2. The molecule has 8 bridgehead atoms. The number of benzene rings is 6. The van der Waals surface area contributed by atoms with Gasteiger partial charge in [-0.25, -0.2) is 14.8 Å². The number of carbonyl (C=O) groups is 1. The molecule has 3 aliphatic heterocycles. The van der Waals surface area contributed by atoms with Crippen LogP contribution in [0.2, 0.25) is 0 Å². The van der Waals surface area contributed by atoms with E-state index in [1.54, 1.807) is 19.2 Å². The van der Waals surface area contributed by atoms with Gasteiger partial charge >= 0.3 is 5.97 Å². The highest BCUT2D eigenvalue weighted by atomic mass is 16.5. The number of methoxy groups -OCH3 is 1. The molecule has 6 aromatic carbocycles. The Morgan fingerprint density at radius 2 is 1.23 bits per heavy atom. The normalized spacial score (nSPS) is 13.9. The maximum absolute atomic E-state index is 14.3. The number of rotatable bonds is 6. The third kappa shape index (κ3) is 6.17. The number of nitrogens with zero attached hydrogens (tertiary/aromatic N) is 2. The van der Waals surface area contributed by atoms with Crippen LogP contribution in [0.5, 0.6) is 5.75 Å². The summed E-state index contributed by atoms with van der Waals surface area (Å²) in [7, 11) is 1.67. The van der Waals surface area contributed by atoms with Crippen LogP contribution >= 0.6 is 0 Å². The van der Waals surface area contributed by atoms with Gasteiger partial charge in [-0.05, 0) is 109 Å². The molecule has 62 heavy (non-hydrogen) atoms. The van der Waals surface area contributed by atoms with Gasteiger partial charge in [-0.3, -0.25) is 0 Å². The number of esters is 1.